The van der Waals surface area contributed by atoms with Crippen molar-refractivity contribution in [3.63, 3.8) is 0 Å². The molecule has 2 N–H and O–H groups in total. The van der Waals surface area contributed by atoms with Crippen LogP contribution in [0.2, 0.25) is 0 Å². The molecule has 0 aliphatic carbocycles. The van der Waals surface area contributed by atoms with Crippen molar-refractivity contribution in [2.45, 2.75) is 11.8 Å². The minimum Gasteiger partial charge on any atom is -0.504 e. The van der Waals surface area contributed by atoms with E-state index in [9.17, 15) is 5.11 Å². The van der Waals surface area contributed by atoms with Crippen LogP contribution in [0.5, 0.6) is 11.5 Å². The van der Waals surface area contributed by atoms with Crippen molar-refractivity contribution in [2.75, 3.05) is 30.9 Å². The Hall–Kier alpha value is -0.520. The Morgan fingerprint density at radius 2 is 2.33 bits per heavy atom. The molecule has 1 aromatic rings. The molecule has 1 aliphatic heterocycles. The maximum Gasteiger partial charge on any atom is 0.160 e. The maximum absolute atomic E-state index is 9.51. The van der Waals surface area contributed by atoms with Crippen molar-refractivity contribution in [1.82, 2.24) is 5.32 Å². The van der Waals surface area contributed by atoms with Crippen LogP contribution in [-0.4, -0.2) is 41.3 Å². The first-order valence-electron chi connectivity index (χ1n) is 6.05. The first-order chi connectivity index (χ1) is 8.79. The highest BCUT2D eigenvalue weighted by Crippen LogP contribution is 2.26. The van der Waals surface area contributed by atoms with Crippen LogP contribution in [0.15, 0.2) is 18.2 Å². The normalized spacial score (nSPS) is 19.7. The summed E-state index contributed by atoms with van der Waals surface area (Å²) in [7, 11) is 1.57. The van der Waals surface area contributed by atoms with E-state index < -0.39 is 0 Å². The third-order valence-corrected chi connectivity index (χ3v) is 5.68. The van der Waals surface area contributed by atoms with Gasteiger partial charge >= 0.3 is 0 Å². The summed E-state index contributed by atoms with van der Waals surface area (Å²) in [5.74, 6) is 4.54. The lowest BCUT2D eigenvalue weighted by Crippen LogP contribution is -2.28. The summed E-state index contributed by atoms with van der Waals surface area (Å²) < 4.78 is 5.10. The van der Waals surface area contributed by atoms with E-state index in [0.29, 0.717) is 5.75 Å². The molecule has 1 atom stereocenters. The largest absolute Gasteiger partial charge is 0.504 e. The Labute approximate surface area is 117 Å². The smallest absolute Gasteiger partial charge is 0.160 e. The summed E-state index contributed by atoms with van der Waals surface area (Å²) in [6, 6.07) is 5.49. The molecule has 0 bridgehead atoms. The van der Waals surface area contributed by atoms with Crippen LogP contribution in [0.1, 0.15) is 5.56 Å². The van der Waals surface area contributed by atoms with Gasteiger partial charge in [0.2, 0.25) is 0 Å². The van der Waals surface area contributed by atoms with Gasteiger partial charge in [0.25, 0.3) is 0 Å². The van der Waals surface area contributed by atoms with Crippen molar-refractivity contribution in [3.8, 4) is 11.5 Å². The van der Waals surface area contributed by atoms with Crippen molar-refractivity contribution in [1.29, 1.82) is 0 Å². The number of thioether (sulfide) groups is 2. The third-order valence-electron chi connectivity index (χ3n) is 2.83. The lowest BCUT2D eigenvalue weighted by Gasteiger charge is -2.21. The van der Waals surface area contributed by atoms with Gasteiger partial charge in [0.05, 0.1) is 7.11 Å². The quantitative estimate of drug-likeness (QED) is 0.869. The van der Waals surface area contributed by atoms with Gasteiger partial charge in [-0.15, -0.1) is 0 Å². The van der Waals surface area contributed by atoms with Crippen LogP contribution in [0.4, 0.5) is 0 Å². The van der Waals surface area contributed by atoms with Crippen LogP contribution < -0.4 is 10.1 Å². The number of phenolic OH excluding ortho intramolecular Hbond substituents is 1. The first kappa shape index (κ1) is 13.9. The molecule has 2 rings (SSSR count). The fourth-order valence-corrected chi connectivity index (χ4v) is 4.51. The van der Waals surface area contributed by atoms with Crippen molar-refractivity contribution < 1.29 is 9.84 Å². The fourth-order valence-electron chi connectivity index (χ4n) is 1.86. The van der Waals surface area contributed by atoms with Gasteiger partial charge in [-0.2, -0.15) is 23.5 Å². The van der Waals surface area contributed by atoms with Crippen LogP contribution in [0.3, 0.4) is 0 Å². The van der Waals surface area contributed by atoms with Crippen molar-refractivity contribution in [2.24, 2.45) is 0 Å². The van der Waals surface area contributed by atoms with E-state index in [2.05, 4.69) is 17.1 Å². The summed E-state index contributed by atoms with van der Waals surface area (Å²) in [6.07, 6.45) is 0. The number of methoxy groups -OCH3 is 1. The second kappa shape index (κ2) is 7.16. The van der Waals surface area contributed by atoms with Gasteiger partial charge in [-0.1, -0.05) is 6.07 Å². The van der Waals surface area contributed by atoms with Crippen LogP contribution in [0.25, 0.3) is 0 Å². The molecule has 1 aliphatic rings. The molecule has 1 aromatic carbocycles. The lowest BCUT2D eigenvalue weighted by atomic mass is 10.2. The molecule has 1 heterocycles. The summed E-state index contributed by atoms with van der Waals surface area (Å²) in [4.78, 5) is 0. The van der Waals surface area contributed by atoms with Gasteiger partial charge < -0.3 is 15.2 Å². The highest BCUT2D eigenvalue weighted by molar-refractivity contribution is 8.06. The number of benzene rings is 1. The number of phenols is 1. The van der Waals surface area contributed by atoms with Gasteiger partial charge in [-0.3, -0.25) is 0 Å². The molecular weight excluding hydrogens is 266 g/mol. The van der Waals surface area contributed by atoms with Gasteiger partial charge in [0.15, 0.2) is 11.5 Å². The molecular formula is C13H19NO2S2. The second-order valence-corrected chi connectivity index (χ2v) is 6.76. The Bertz CT molecular complexity index is 381. The number of rotatable bonds is 5. The fraction of sp³-hybridized carbons (Fsp3) is 0.538. The number of hydrogen-bond donors (Lipinski definition) is 2. The van der Waals surface area contributed by atoms with Crippen molar-refractivity contribution >= 4 is 23.5 Å². The van der Waals surface area contributed by atoms with Gasteiger partial charge in [0.1, 0.15) is 0 Å². The molecule has 1 fully saturated rings. The van der Waals surface area contributed by atoms with Gasteiger partial charge in [-0.25, -0.2) is 0 Å². The Morgan fingerprint density at radius 1 is 1.44 bits per heavy atom. The van der Waals surface area contributed by atoms with Crippen molar-refractivity contribution in [3.05, 3.63) is 23.8 Å². The van der Waals surface area contributed by atoms with Crippen LogP contribution >= 0.6 is 23.5 Å². The highest BCUT2D eigenvalue weighted by atomic mass is 32.2. The summed E-state index contributed by atoms with van der Waals surface area (Å²) >= 11 is 4.10. The molecule has 0 aromatic heterocycles. The Balaban J connectivity index is 1.79. The zero-order valence-corrected chi connectivity index (χ0v) is 12.1. The third kappa shape index (κ3) is 4.00. The van der Waals surface area contributed by atoms with Crippen LogP contribution in [0, 0.1) is 0 Å². The summed E-state index contributed by atoms with van der Waals surface area (Å²) in [5.41, 5.74) is 1.14. The molecule has 18 heavy (non-hydrogen) atoms. The molecule has 3 nitrogen and oxygen atoms in total. The Kier molecular flexibility index (Phi) is 5.53. The van der Waals surface area contributed by atoms with E-state index in [1.807, 2.05) is 23.9 Å². The average molecular weight is 285 g/mol. The SMILES string of the molecule is COc1cc(CNCC2CSCCS2)ccc1O. The number of nitrogens with one attached hydrogen (secondary N) is 1. The topological polar surface area (TPSA) is 41.5 Å². The minimum absolute atomic E-state index is 0.195. The molecule has 1 unspecified atom stereocenters. The zero-order chi connectivity index (χ0) is 12.8. The lowest BCUT2D eigenvalue weighted by molar-refractivity contribution is 0.373. The average Bonchev–Trinajstić information content (AvgIpc) is 2.42. The van der Waals surface area contributed by atoms with Gasteiger partial charge in [-0.05, 0) is 17.7 Å². The van der Waals surface area contributed by atoms with Crippen LogP contribution in [-0.2, 0) is 6.54 Å². The summed E-state index contributed by atoms with van der Waals surface area (Å²) in [5, 5.41) is 13.7. The van der Waals surface area contributed by atoms with E-state index in [1.165, 1.54) is 17.3 Å². The monoisotopic (exact) mass is 285 g/mol. The molecule has 0 amide bonds. The highest BCUT2D eigenvalue weighted by Gasteiger charge is 2.13. The summed E-state index contributed by atoms with van der Waals surface area (Å²) in [6.45, 7) is 1.86. The number of hydrogen-bond acceptors (Lipinski definition) is 5. The first-order valence-corrected chi connectivity index (χ1v) is 8.26. The van der Waals surface area contributed by atoms with E-state index in [4.69, 9.17) is 4.74 Å². The van der Waals surface area contributed by atoms with E-state index in [-0.39, 0.29) is 5.75 Å². The molecule has 0 spiro atoms. The second-order valence-electron chi connectivity index (χ2n) is 4.20. The predicted octanol–water partition coefficient (Wildman–Crippen LogP) is 2.34. The minimum atomic E-state index is 0.195. The molecule has 0 radical (unpaired) electrons. The maximum atomic E-state index is 9.51. The number of ether oxygens (including phenoxy) is 1. The molecule has 0 saturated carbocycles. The Morgan fingerprint density at radius 3 is 3.06 bits per heavy atom. The predicted molar refractivity (Wildman–Crippen MR) is 79.9 cm³/mol. The zero-order valence-electron chi connectivity index (χ0n) is 10.5. The molecule has 100 valence electrons. The molecule has 5 heteroatoms. The van der Waals surface area contributed by atoms with E-state index >= 15 is 0 Å². The van der Waals surface area contributed by atoms with E-state index in [1.54, 1.807) is 13.2 Å². The molecule has 1 saturated heterocycles. The van der Waals surface area contributed by atoms with E-state index in [0.717, 1.165) is 23.9 Å². The standard InChI is InChI=1S/C13H19NO2S2/c1-16-13-6-10(2-3-12(13)15)7-14-8-11-9-17-4-5-18-11/h2-3,6,11,14-15H,4-5,7-9H2,1H3. The van der Waals surface area contributed by atoms with Gasteiger partial charge in [0, 0.05) is 35.6 Å². The number of aromatic hydroxyl groups is 1.